The third kappa shape index (κ3) is 4.64. The standard InChI is InChI=1S/C23H29N3O/c1-3-5-11-18-23(27-4-2,19-12-15-20-13-7-6-8-14-20)26-22-17-10-9-16-21(22)24-25-26/h6-11,13-14,16-18H,3-5,12,15,19H2,1-2H3. The minimum Gasteiger partial charge on any atom is -0.350 e. The van der Waals surface area contributed by atoms with Crippen molar-refractivity contribution >= 4 is 11.0 Å². The first-order valence-electron chi connectivity index (χ1n) is 9.95. The number of aromatic nitrogens is 3. The van der Waals surface area contributed by atoms with Crippen molar-refractivity contribution in [1.82, 2.24) is 15.0 Å². The van der Waals surface area contributed by atoms with Crippen LogP contribution in [0.15, 0.2) is 66.7 Å². The van der Waals surface area contributed by atoms with Gasteiger partial charge in [0.1, 0.15) is 5.52 Å². The fourth-order valence-corrected chi connectivity index (χ4v) is 3.46. The van der Waals surface area contributed by atoms with Crippen molar-refractivity contribution in [3.8, 4) is 0 Å². The van der Waals surface area contributed by atoms with Gasteiger partial charge in [-0.2, -0.15) is 0 Å². The molecule has 4 heteroatoms. The van der Waals surface area contributed by atoms with Gasteiger partial charge >= 0.3 is 0 Å². The number of ether oxygens (including phenoxy) is 1. The number of rotatable bonds is 10. The number of para-hydroxylation sites is 1. The summed E-state index contributed by atoms with van der Waals surface area (Å²) in [4.78, 5) is 0. The van der Waals surface area contributed by atoms with Crippen molar-refractivity contribution in [2.24, 2.45) is 0 Å². The Labute approximate surface area is 161 Å². The highest BCUT2D eigenvalue weighted by Crippen LogP contribution is 2.30. The average Bonchev–Trinajstić information content (AvgIpc) is 3.14. The second kappa shape index (κ2) is 9.47. The molecule has 2 aromatic carbocycles. The van der Waals surface area contributed by atoms with Gasteiger partial charge in [0.05, 0.1) is 5.52 Å². The summed E-state index contributed by atoms with van der Waals surface area (Å²) >= 11 is 0. The fourth-order valence-electron chi connectivity index (χ4n) is 3.46. The lowest BCUT2D eigenvalue weighted by molar-refractivity contribution is -0.0761. The molecule has 0 saturated heterocycles. The van der Waals surface area contributed by atoms with Crippen LogP contribution in [-0.4, -0.2) is 21.6 Å². The molecule has 142 valence electrons. The average molecular weight is 364 g/mol. The zero-order valence-corrected chi connectivity index (χ0v) is 16.3. The van der Waals surface area contributed by atoms with Crippen LogP contribution in [0, 0.1) is 0 Å². The smallest absolute Gasteiger partial charge is 0.182 e. The van der Waals surface area contributed by atoms with Gasteiger partial charge in [0, 0.05) is 13.0 Å². The lowest BCUT2D eigenvalue weighted by Gasteiger charge is -2.31. The van der Waals surface area contributed by atoms with E-state index in [2.05, 4.69) is 65.8 Å². The van der Waals surface area contributed by atoms with Gasteiger partial charge in [-0.15, -0.1) is 5.10 Å². The molecule has 1 heterocycles. The van der Waals surface area contributed by atoms with Gasteiger partial charge in [-0.05, 0) is 50.0 Å². The summed E-state index contributed by atoms with van der Waals surface area (Å²) in [6, 6.07) is 18.7. The third-order valence-electron chi connectivity index (χ3n) is 4.78. The molecule has 3 aromatic rings. The molecule has 0 saturated carbocycles. The van der Waals surface area contributed by atoms with Crippen molar-refractivity contribution < 1.29 is 4.74 Å². The normalized spacial score (nSPS) is 14.0. The van der Waals surface area contributed by atoms with Gasteiger partial charge in [0.2, 0.25) is 0 Å². The van der Waals surface area contributed by atoms with Gasteiger partial charge in [0.15, 0.2) is 5.72 Å². The lowest BCUT2D eigenvalue weighted by Crippen LogP contribution is -2.36. The summed E-state index contributed by atoms with van der Waals surface area (Å²) in [7, 11) is 0. The highest BCUT2D eigenvalue weighted by atomic mass is 16.5. The topological polar surface area (TPSA) is 39.9 Å². The van der Waals surface area contributed by atoms with E-state index in [1.54, 1.807) is 0 Å². The molecular formula is C23H29N3O. The maximum atomic E-state index is 6.34. The van der Waals surface area contributed by atoms with E-state index in [4.69, 9.17) is 4.74 Å². The molecule has 0 bridgehead atoms. The fraction of sp³-hybridized carbons (Fsp3) is 0.391. The zero-order valence-electron chi connectivity index (χ0n) is 16.3. The van der Waals surface area contributed by atoms with Crippen LogP contribution in [0.4, 0.5) is 0 Å². The van der Waals surface area contributed by atoms with Crippen LogP contribution in [0.2, 0.25) is 0 Å². The number of hydrogen-bond donors (Lipinski definition) is 0. The molecule has 0 aliphatic heterocycles. The zero-order chi connectivity index (χ0) is 19.0. The Morgan fingerprint density at radius 1 is 1.04 bits per heavy atom. The van der Waals surface area contributed by atoms with E-state index in [9.17, 15) is 0 Å². The molecule has 4 nitrogen and oxygen atoms in total. The largest absolute Gasteiger partial charge is 0.350 e. The number of hydrogen-bond acceptors (Lipinski definition) is 3. The number of aryl methyl sites for hydroxylation is 1. The van der Waals surface area contributed by atoms with Crippen LogP contribution in [-0.2, 0) is 16.9 Å². The Morgan fingerprint density at radius 2 is 1.81 bits per heavy atom. The molecule has 0 spiro atoms. The summed E-state index contributed by atoms with van der Waals surface area (Å²) in [5.74, 6) is 0. The molecule has 27 heavy (non-hydrogen) atoms. The number of allylic oxidation sites excluding steroid dienone is 1. The third-order valence-corrected chi connectivity index (χ3v) is 4.78. The van der Waals surface area contributed by atoms with E-state index in [1.807, 2.05) is 29.8 Å². The van der Waals surface area contributed by atoms with Crippen LogP contribution in [0.1, 0.15) is 45.1 Å². The molecule has 0 N–H and O–H groups in total. The van der Waals surface area contributed by atoms with E-state index >= 15 is 0 Å². The predicted octanol–water partition coefficient (Wildman–Crippen LogP) is 5.50. The van der Waals surface area contributed by atoms with Crippen LogP contribution in [0.5, 0.6) is 0 Å². The summed E-state index contributed by atoms with van der Waals surface area (Å²) in [5.41, 5.74) is 2.65. The van der Waals surface area contributed by atoms with Crippen LogP contribution < -0.4 is 0 Å². The predicted molar refractivity (Wildman–Crippen MR) is 111 cm³/mol. The first-order chi connectivity index (χ1) is 13.3. The quantitative estimate of drug-likeness (QED) is 0.447. The molecule has 0 amide bonds. The minimum atomic E-state index is -0.602. The molecule has 0 aliphatic rings. The molecule has 0 aliphatic carbocycles. The lowest BCUT2D eigenvalue weighted by atomic mass is 10.0. The second-order valence-electron chi connectivity index (χ2n) is 6.80. The molecule has 1 unspecified atom stereocenters. The van der Waals surface area contributed by atoms with Crippen molar-refractivity contribution in [2.75, 3.05) is 6.61 Å². The molecular weight excluding hydrogens is 334 g/mol. The molecule has 1 atom stereocenters. The Morgan fingerprint density at radius 3 is 2.59 bits per heavy atom. The van der Waals surface area contributed by atoms with Gasteiger partial charge in [-0.3, -0.25) is 0 Å². The van der Waals surface area contributed by atoms with E-state index < -0.39 is 5.72 Å². The first kappa shape index (κ1) is 19.3. The van der Waals surface area contributed by atoms with E-state index in [0.717, 1.165) is 43.1 Å². The molecule has 1 aromatic heterocycles. The molecule has 0 fully saturated rings. The monoisotopic (exact) mass is 363 g/mol. The van der Waals surface area contributed by atoms with E-state index in [1.165, 1.54) is 5.56 Å². The van der Waals surface area contributed by atoms with E-state index in [-0.39, 0.29) is 0 Å². The Hall–Kier alpha value is -2.46. The van der Waals surface area contributed by atoms with Crippen molar-refractivity contribution in [1.29, 1.82) is 0 Å². The molecule has 0 radical (unpaired) electrons. The van der Waals surface area contributed by atoms with Crippen molar-refractivity contribution in [2.45, 2.75) is 51.7 Å². The van der Waals surface area contributed by atoms with Crippen molar-refractivity contribution in [3.05, 3.63) is 72.3 Å². The number of unbranched alkanes of at least 4 members (excludes halogenated alkanes) is 1. The summed E-state index contributed by atoms with van der Waals surface area (Å²) in [6.07, 6.45) is 9.42. The summed E-state index contributed by atoms with van der Waals surface area (Å²) < 4.78 is 8.30. The maximum absolute atomic E-state index is 6.34. The number of fused-ring (bicyclic) bond motifs is 1. The highest BCUT2D eigenvalue weighted by Gasteiger charge is 2.32. The van der Waals surface area contributed by atoms with Crippen LogP contribution >= 0.6 is 0 Å². The first-order valence-corrected chi connectivity index (χ1v) is 9.95. The Kier molecular flexibility index (Phi) is 6.77. The summed E-state index contributed by atoms with van der Waals surface area (Å²) in [5, 5.41) is 8.84. The van der Waals surface area contributed by atoms with Crippen LogP contribution in [0.25, 0.3) is 11.0 Å². The van der Waals surface area contributed by atoms with Crippen LogP contribution in [0.3, 0.4) is 0 Å². The number of nitrogens with zero attached hydrogens (tertiary/aromatic N) is 3. The maximum Gasteiger partial charge on any atom is 0.182 e. The van der Waals surface area contributed by atoms with Gasteiger partial charge < -0.3 is 4.74 Å². The summed E-state index contributed by atoms with van der Waals surface area (Å²) in [6.45, 7) is 4.85. The minimum absolute atomic E-state index is 0.602. The Bertz CT molecular complexity index is 856. The molecule has 3 rings (SSSR count). The highest BCUT2D eigenvalue weighted by molar-refractivity contribution is 5.74. The number of benzene rings is 2. The van der Waals surface area contributed by atoms with E-state index in [0.29, 0.717) is 6.61 Å². The van der Waals surface area contributed by atoms with Gasteiger partial charge in [-0.1, -0.05) is 67.1 Å². The second-order valence-corrected chi connectivity index (χ2v) is 6.80. The van der Waals surface area contributed by atoms with Gasteiger partial charge in [-0.25, -0.2) is 4.68 Å². The Balaban J connectivity index is 1.91. The van der Waals surface area contributed by atoms with Gasteiger partial charge in [0.25, 0.3) is 0 Å². The SMILES string of the molecule is CCCC=CC(CCCc1ccccc1)(OCC)n1nnc2ccccc21. The van der Waals surface area contributed by atoms with Crippen molar-refractivity contribution in [3.63, 3.8) is 0 Å².